The van der Waals surface area contributed by atoms with Gasteiger partial charge in [-0.3, -0.25) is 9.69 Å². The normalized spacial score (nSPS) is 21.1. The van der Waals surface area contributed by atoms with Crippen molar-refractivity contribution in [3.05, 3.63) is 64.9 Å². The van der Waals surface area contributed by atoms with Crippen molar-refractivity contribution in [1.82, 2.24) is 15.2 Å². The average molecular weight is 316 g/mol. The monoisotopic (exact) mass is 315 g/mol. The number of pyridine rings is 1. The van der Waals surface area contributed by atoms with E-state index in [9.17, 15) is 9.59 Å². The highest BCUT2D eigenvalue weighted by atomic mass is 35.5. The molecule has 0 aliphatic carbocycles. The second-order valence-electron chi connectivity index (χ2n) is 5.27. The van der Waals surface area contributed by atoms with Gasteiger partial charge in [-0.1, -0.05) is 48.0 Å². The van der Waals surface area contributed by atoms with Crippen LogP contribution in [0.5, 0.6) is 0 Å². The number of aromatic nitrogens is 1. The van der Waals surface area contributed by atoms with Crippen molar-refractivity contribution in [2.45, 2.75) is 19.0 Å². The van der Waals surface area contributed by atoms with Gasteiger partial charge in [0.15, 0.2) is 0 Å². The minimum atomic E-state index is -1.20. The molecule has 112 valence electrons. The minimum Gasteiger partial charge on any atom is -0.319 e. The minimum absolute atomic E-state index is 0.209. The van der Waals surface area contributed by atoms with Gasteiger partial charge in [0.1, 0.15) is 10.7 Å². The fraction of sp³-hybridized carbons (Fsp3) is 0.188. The molecule has 0 bridgehead atoms. The molecule has 2 aromatic rings. The van der Waals surface area contributed by atoms with E-state index in [4.69, 9.17) is 11.6 Å². The number of halogens is 1. The van der Waals surface area contributed by atoms with Gasteiger partial charge in [-0.05, 0) is 18.6 Å². The second-order valence-corrected chi connectivity index (χ2v) is 5.63. The van der Waals surface area contributed by atoms with Gasteiger partial charge >= 0.3 is 6.03 Å². The first-order chi connectivity index (χ1) is 10.5. The van der Waals surface area contributed by atoms with E-state index in [1.54, 1.807) is 19.1 Å². The lowest BCUT2D eigenvalue weighted by Gasteiger charge is -2.22. The molecule has 1 fully saturated rings. The Morgan fingerprint density at radius 1 is 1.18 bits per heavy atom. The summed E-state index contributed by atoms with van der Waals surface area (Å²) in [4.78, 5) is 30.1. The highest BCUT2D eigenvalue weighted by Gasteiger charge is 2.50. The van der Waals surface area contributed by atoms with E-state index in [-0.39, 0.29) is 17.6 Å². The quantitative estimate of drug-likeness (QED) is 0.699. The van der Waals surface area contributed by atoms with Crippen LogP contribution in [0.3, 0.4) is 0 Å². The molecule has 2 heterocycles. The number of hydrogen-bond acceptors (Lipinski definition) is 3. The summed E-state index contributed by atoms with van der Waals surface area (Å²) in [6.07, 6.45) is 1.54. The van der Waals surface area contributed by atoms with Crippen LogP contribution >= 0.6 is 11.6 Å². The summed E-state index contributed by atoms with van der Waals surface area (Å²) in [6.45, 7) is 1.86. The first kappa shape index (κ1) is 14.5. The smallest absolute Gasteiger partial charge is 0.319 e. The number of hydrogen-bond donors (Lipinski definition) is 1. The van der Waals surface area contributed by atoms with Crippen LogP contribution in [0.4, 0.5) is 4.79 Å². The maximum Gasteiger partial charge on any atom is 0.325 e. The highest BCUT2D eigenvalue weighted by molar-refractivity contribution is 6.30. The van der Waals surface area contributed by atoms with Gasteiger partial charge in [0.05, 0.1) is 6.54 Å². The molecular formula is C16H14ClN3O2. The molecule has 1 aliphatic heterocycles. The lowest BCUT2D eigenvalue weighted by atomic mass is 9.93. The summed E-state index contributed by atoms with van der Waals surface area (Å²) < 4.78 is 0. The Labute approximate surface area is 132 Å². The van der Waals surface area contributed by atoms with E-state index in [1.807, 2.05) is 30.3 Å². The van der Waals surface area contributed by atoms with Crippen LogP contribution in [0.15, 0.2) is 48.7 Å². The SMILES string of the molecule is C[C@@]1(c2cccnc2Cl)NC(=O)N(Cc2ccccc2)C1=O. The lowest BCUT2D eigenvalue weighted by Crippen LogP contribution is -2.41. The van der Waals surface area contributed by atoms with E-state index < -0.39 is 11.6 Å². The van der Waals surface area contributed by atoms with Crippen LogP contribution in [0.2, 0.25) is 5.15 Å². The number of nitrogens with zero attached hydrogens (tertiary/aromatic N) is 2. The van der Waals surface area contributed by atoms with Gasteiger partial charge in [0.2, 0.25) is 0 Å². The largest absolute Gasteiger partial charge is 0.325 e. The Bertz CT molecular complexity index is 735. The van der Waals surface area contributed by atoms with Crippen LogP contribution in [-0.2, 0) is 16.9 Å². The Morgan fingerprint density at radius 3 is 2.59 bits per heavy atom. The zero-order valence-electron chi connectivity index (χ0n) is 11.9. The van der Waals surface area contributed by atoms with Gasteiger partial charge in [-0.25, -0.2) is 9.78 Å². The fourth-order valence-electron chi connectivity index (χ4n) is 2.55. The van der Waals surface area contributed by atoms with Crippen LogP contribution in [0.1, 0.15) is 18.1 Å². The molecule has 22 heavy (non-hydrogen) atoms. The van der Waals surface area contributed by atoms with E-state index >= 15 is 0 Å². The third kappa shape index (κ3) is 2.33. The van der Waals surface area contributed by atoms with Crippen molar-refractivity contribution < 1.29 is 9.59 Å². The summed E-state index contributed by atoms with van der Waals surface area (Å²) in [6, 6.07) is 12.3. The number of benzene rings is 1. The van der Waals surface area contributed by atoms with Crippen molar-refractivity contribution in [2.75, 3.05) is 0 Å². The zero-order valence-corrected chi connectivity index (χ0v) is 12.7. The van der Waals surface area contributed by atoms with Gasteiger partial charge in [-0.15, -0.1) is 0 Å². The third-order valence-corrected chi connectivity index (χ3v) is 4.06. The fourth-order valence-corrected chi connectivity index (χ4v) is 2.86. The summed E-state index contributed by atoms with van der Waals surface area (Å²) in [5.74, 6) is -0.337. The average Bonchev–Trinajstić information content (AvgIpc) is 2.73. The third-order valence-electron chi connectivity index (χ3n) is 3.76. The molecule has 1 saturated heterocycles. The van der Waals surface area contributed by atoms with Gasteiger partial charge in [0, 0.05) is 11.8 Å². The molecule has 1 aromatic carbocycles. The number of imide groups is 1. The first-order valence-electron chi connectivity index (χ1n) is 6.81. The van der Waals surface area contributed by atoms with Crippen LogP contribution in [-0.4, -0.2) is 21.8 Å². The van der Waals surface area contributed by atoms with E-state index in [1.165, 1.54) is 11.1 Å². The van der Waals surface area contributed by atoms with Crippen molar-refractivity contribution in [1.29, 1.82) is 0 Å². The number of carbonyl (C=O) groups is 2. The molecule has 0 radical (unpaired) electrons. The molecule has 6 heteroatoms. The predicted molar refractivity (Wildman–Crippen MR) is 82.1 cm³/mol. The number of urea groups is 1. The van der Waals surface area contributed by atoms with Gasteiger partial charge in [-0.2, -0.15) is 0 Å². The van der Waals surface area contributed by atoms with Crippen molar-refractivity contribution in [3.63, 3.8) is 0 Å². The van der Waals surface area contributed by atoms with Crippen LogP contribution in [0, 0.1) is 0 Å². The molecule has 3 rings (SSSR count). The molecule has 1 N–H and O–H groups in total. The number of rotatable bonds is 3. The molecule has 1 aromatic heterocycles. The Morgan fingerprint density at radius 2 is 1.91 bits per heavy atom. The van der Waals surface area contributed by atoms with E-state index in [0.717, 1.165) is 5.56 Å². The van der Waals surface area contributed by atoms with Crippen molar-refractivity contribution in [2.24, 2.45) is 0 Å². The predicted octanol–water partition coefficient (Wildman–Crippen LogP) is 2.70. The molecule has 1 aliphatic rings. The molecule has 3 amide bonds. The molecule has 0 saturated carbocycles. The molecular weight excluding hydrogens is 302 g/mol. The van der Waals surface area contributed by atoms with Crippen molar-refractivity contribution >= 4 is 23.5 Å². The van der Waals surface area contributed by atoms with Crippen LogP contribution in [0.25, 0.3) is 0 Å². The number of carbonyl (C=O) groups excluding carboxylic acids is 2. The van der Waals surface area contributed by atoms with E-state index in [2.05, 4.69) is 10.3 Å². The Hall–Kier alpha value is -2.40. The molecule has 5 nitrogen and oxygen atoms in total. The van der Waals surface area contributed by atoms with Crippen molar-refractivity contribution in [3.8, 4) is 0 Å². The number of amides is 3. The summed E-state index contributed by atoms with van der Waals surface area (Å²) in [5, 5.41) is 2.93. The Balaban J connectivity index is 1.93. The molecule has 0 unspecified atom stereocenters. The standard InChI is InChI=1S/C16H14ClN3O2/c1-16(12-8-5-9-18-13(12)17)14(21)20(15(22)19-16)10-11-6-3-2-4-7-11/h2-9H,10H2,1H3,(H,19,22)/t16-/m0/s1. The van der Waals surface area contributed by atoms with Crippen LogP contribution < -0.4 is 5.32 Å². The Kier molecular flexibility index (Phi) is 3.58. The first-order valence-corrected chi connectivity index (χ1v) is 7.19. The summed E-state index contributed by atoms with van der Waals surface area (Å²) in [5.41, 5.74) is 0.176. The maximum absolute atomic E-state index is 12.8. The lowest BCUT2D eigenvalue weighted by molar-refractivity contribution is -0.131. The van der Waals surface area contributed by atoms with E-state index in [0.29, 0.717) is 5.56 Å². The number of nitrogens with one attached hydrogen (secondary N) is 1. The zero-order chi connectivity index (χ0) is 15.7. The summed E-state index contributed by atoms with van der Waals surface area (Å²) in [7, 11) is 0. The maximum atomic E-state index is 12.8. The van der Waals surface area contributed by atoms with Gasteiger partial charge < -0.3 is 5.32 Å². The molecule has 0 spiro atoms. The second kappa shape index (κ2) is 5.42. The van der Waals surface area contributed by atoms with Gasteiger partial charge in [0.25, 0.3) is 5.91 Å². The summed E-state index contributed by atoms with van der Waals surface area (Å²) >= 11 is 6.08. The topological polar surface area (TPSA) is 62.3 Å². The highest BCUT2D eigenvalue weighted by Crippen LogP contribution is 2.32. The molecule has 1 atom stereocenters.